The number of primary amides is 1. The van der Waals surface area contributed by atoms with E-state index < -0.39 is 6.03 Å². The van der Waals surface area contributed by atoms with Gasteiger partial charge < -0.3 is 5.73 Å². The molecule has 0 spiro atoms. The molecule has 0 radical (unpaired) electrons. The van der Waals surface area contributed by atoms with Crippen molar-refractivity contribution in [1.29, 1.82) is 0 Å². The highest BCUT2D eigenvalue weighted by molar-refractivity contribution is 8.03. The van der Waals surface area contributed by atoms with Crippen molar-refractivity contribution in [3.8, 4) is 0 Å². The lowest BCUT2D eigenvalue weighted by Crippen LogP contribution is -2.43. The number of pyridine rings is 1. The normalized spacial score (nSPS) is 23.5. The Balaban J connectivity index is 1.90. The number of thioether (sulfide) groups is 1. The summed E-state index contributed by atoms with van der Waals surface area (Å²) in [7, 11) is 0. The van der Waals surface area contributed by atoms with Gasteiger partial charge in [0.25, 0.3) is 0 Å². The maximum atomic E-state index is 11.2. The van der Waals surface area contributed by atoms with Crippen LogP contribution in [0.25, 0.3) is 0 Å². The number of rotatable bonds is 4. The number of nitrogens with zero attached hydrogens (tertiary/aromatic N) is 2. The van der Waals surface area contributed by atoms with E-state index in [0.717, 1.165) is 30.6 Å². The number of carbonyl (C=O) groups excluding carboxylic acids is 1. The average Bonchev–Trinajstić information content (AvgIpc) is 2.95. The van der Waals surface area contributed by atoms with Crippen molar-refractivity contribution in [2.75, 3.05) is 12.3 Å². The van der Waals surface area contributed by atoms with Gasteiger partial charge in [-0.1, -0.05) is 18.2 Å². The summed E-state index contributed by atoms with van der Waals surface area (Å²) in [5.41, 5.74) is 7.37. The summed E-state index contributed by atoms with van der Waals surface area (Å²) in [5.74, 6) is 1.00. The van der Waals surface area contributed by atoms with Crippen LogP contribution >= 0.6 is 11.8 Å². The Morgan fingerprint density at radius 2 is 2.41 bits per heavy atom. The summed E-state index contributed by atoms with van der Waals surface area (Å²) in [4.78, 5) is 16.7. The Morgan fingerprint density at radius 1 is 1.55 bits per heavy atom. The van der Waals surface area contributed by atoms with E-state index in [1.807, 2.05) is 30.1 Å². The van der Waals surface area contributed by atoms with E-state index in [1.54, 1.807) is 6.20 Å². The van der Waals surface area contributed by atoms with E-state index >= 15 is 0 Å². The van der Waals surface area contributed by atoms with Gasteiger partial charge in [-0.05, 0) is 36.5 Å². The minimum atomic E-state index is -0.815. The van der Waals surface area contributed by atoms with Gasteiger partial charge in [0.15, 0.2) is 0 Å². The number of urea groups is 1. The van der Waals surface area contributed by atoms with Gasteiger partial charge in [0, 0.05) is 28.5 Å². The second kappa shape index (κ2) is 6.14. The molecule has 2 heterocycles. The third-order valence-electron chi connectivity index (χ3n) is 4.21. The van der Waals surface area contributed by atoms with Crippen LogP contribution in [0.3, 0.4) is 0 Å². The number of aromatic nitrogens is 1. The highest BCUT2D eigenvalue weighted by Crippen LogP contribution is 2.46. The molecular formula is C16H19N3O2S. The predicted octanol–water partition coefficient (Wildman–Crippen LogP) is 2.73. The lowest BCUT2D eigenvalue weighted by molar-refractivity contribution is -0.0626. The maximum Gasteiger partial charge on any atom is 0.338 e. The molecule has 22 heavy (non-hydrogen) atoms. The van der Waals surface area contributed by atoms with Crippen LogP contribution in [-0.2, 0) is 6.42 Å². The average molecular weight is 317 g/mol. The molecular weight excluding hydrogens is 298 g/mol. The quantitative estimate of drug-likeness (QED) is 0.661. The molecule has 5 nitrogen and oxygen atoms in total. The van der Waals surface area contributed by atoms with E-state index in [-0.39, 0.29) is 12.0 Å². The van der Waals surface area contributed by atoms with Crippen molar-refractivity contribution in [3.63, 3.8) is 0 Å². The molecule has 1 aliphatic carbocycles. The van der Waals surface area contributed by atoms with Crippen molar-refractivity contribution in [2.24, 2.45) is 11.1 Å². The minimum absolute atomic E-state index is 0.203. The van der Waals surface area contributed by atoms with Crippen molar-refractivity contribution in [3.05, 3.63) is 52.7 Å². The summed E-state index contributed by atoms with van der Waals surface area (Å²) >= 11 is 1.81. The van der Waals surface area contributed by atoms with E-state index in [9.17, 15) is 10.0 Å². The van der Waals surface area contributed by atoms with E-state index in [1.165, 1.54) is 10.5 Å². The third kappa shape index (κ3) is 3.18. The number of hydroxylamine groups is 2. The molecule has 0 saturated carbocycles. The first kappa shape index (κ1) is 15.1. The van der Waals surface area contributed by atoms with Gasteiger partial charge in [0.2, 0.25) is 0 Å². The van der Waals surface area contributed by atoms with Gasteiger partial charge in [-0.25, -0.2) is 9.86 Å². The zero-order chi connectivity index (χ0) is 15.6. The molecule has 116 valence electrons. The van der Waals surface area contributed by atoms with Gasteiger partial charge in [-0.2, -0.15) is 0 Å². The first-order valence-electron chi connectivity index (χ1n) is 7.28. The first-order chi connectivity index (χ1) is 10.6. The van der Waals surface area contributed by atoms with Crippen molar-refractivity contribution in [2.45, 2.75) is 19.3 Å². The van der Waals surface area contributed by atoms with Crippen molar-refractivity contribution in [1.82, 2.24) is 10.0 Å². The van der Waals surface area contributed by atoms with Gasteiger partial charge in [0.05, 0.1) is 6.54 Å². The SMILES string of the molecule is NC(=O)N(O)CC1(Cc2cccnc2)C=C2SCC=C2CC1. The molecule has 1 unspecified atom stereocenters. The van der Waals surface area contributed by atoms with Crippen molar-refractivity contribution >= 4 is 17.8 Å². The molecule has 1 aromatic heterocycles. The summed E-state index contributed by atoms with van der Waals surface area (Å²) in [6, 6.07) is 3.11. The van der Waals surface area contributed by atoms with Crippen LogP contribution in [-0.4, -0.2) is 33.6 Å². The van der Waals surface area contributed by atoms with Crippen LogP contribution in [0.4, 0.5) is 4.79 Å². The number of fused-ring (bicyclic) bond motifs is 1. The molecule has 0 bridgehead atoms. The highest BCUT2D eigenvalue weighted by atomic mass is 32.2. The number of allylic oxidation sites excluding steroid dienone is 1. The van der Waals surface area contributed by atoms with E-state index in [2.05, 4.69) is 17.1 Å². The Labute approximate surface area is 133 Å². The summed E-state index contributed by atoms with van der Waals surface area (Å²) in [5, 5.41) is 10.5. The van der Waals surface area contributed by atoms with Crippen LogP contribution in [0, 0.1) is 5.41 Å². The molecule has 3 rings (SSSR count). The van der Waals surface area contributed by atoms with Crippen LogP contribution in [0.2, 0.25) is 0 Å². The second-order valence-electron chi connectivity index (χ2n) is 5.85. The molecule has 3 N–H and O–H groups in total. The maximum absolute atomic E-state index is 11.2. The molecule has 6 heteroatoms. The van der Waals surface area contributed by atoms with Gasteiger partial charge in [-0.3, -0.25) is 10.2 Å². The molecule has 2 amide bonds. The summed E-state index contributed by atoms with van der Waals surface area (Å²) < 4.78 is 0. The molecule has 0 aromatic carbocycles. The van der Waals surface area contributed by atoms with Crippen LogP contribution < -0.4 is 5.73 Å². The fraction of sp³-hybridized carbons (Fsp3) is 0.375. The van der Waals surface area contributed by atoms with E-state index in [0.29, 0.717) is 5.06 Å². The third-order valence-corrected chi connectivity index (χ3v) is 5.24. The first-order valence-corrected chi connectivity index (χ1v) is 8.26. The summed E-state index contributed by atoms with van der Waals surface area (Å²) in [6.07, 6.45) is 10.6. The van der Waals surface area contributed by atoms with Gasteiger partial charge in [-0.15, -0.1) is 11.8 Å². The standard InChI is InChI=1S/C16H19N3O2S/c17-15(20)19(21)11-16(8-12-2-1-6-18-10-12)5-3-13-4-7-22-14(13)9-16/h1-2,4,6,9-10,21H,3,5,7-8,11H2,(H2,17,20). The topological polar surface area (TPSA) is 79.5 Å². The number of hydrogen-bond acceptors (Lipinski definition) is 4. The predicted molar refractivity (Wildman–Crippen MR) is 86.3 cm³/mol. The molecule has 2 aliphatic rings. The van der Waals surface area contributed by atoms with Crippen LogP contribution in [0.5, 0.6) is 0 Å². The number of nitrogens with two attached hydrogens (primary N) is 1. The zero-order valence-corrected chi connectivity index (χ0v) is 13.1. The minimum Gasteiger partial charge on any atom is -0.350 e. The summed E-state index contributed by atoms with van der Waals surface area (Å²) in [6.45, 7) is 0.203. The lowest BCUT2D eigenvalue weighted by atomic mass is 9.73. The number of carbonyl (C=O) groups is 1. The van der Waals surface area contributed by atoms with Crippen molar-refractivity contribution < 1.29 is 10.0 Å². The Hall–Kier alpha value is -1.79. The Bertz CT molecular complexity index is 630. The fourth-order valence-electron chi connectivity index (χ4n) is 3.12. The molecule has 1 aliphatic heterocycles. The Kier molecular flexibility index (Phi) is 4.22. The number of amides is 2. The zero-order valence-electron chi connectivity index (χ0n) is 12.2. The van der Waals surface area contributed by atoms with E-state index in [4.69, 9.17) is 5.73 Å². The number of hydrogen-bond donors (Lipinski definition) is 2. The van der Waals surface area contributed by atoms with Crippen LogP contribution in [0.1, 0.15) is 18.4 Å². The monoisotopic (exact) mass is 317 g/mol. The molecule has 0 fully saturated rings. The Morgan fingerprint density at radius 3 is 3.14 bits per heavy atom. The lowest BCUT2D eigenvalue weighted by Gasteiger charge is -2.37. The fourth-order valence-corrected chi connectivity index (χ4v) is 4.29. The van der Waals surface area contributed by atoms with Crippen LogP contribution in [0.15, 0.2) is 47.2 Å². The van der Waals surface area contributed by atoms with Gasteiger partial charge in [0.1, 0.15) is 0 Å². The van der Waals surface area contributed by atoms with Gasteiger partial charge >= 0.3 is 6.03 Å². The molecule has 0 saturated heterocycles. The highest BCUT2D eigenvalue weighted by Gasteiger charge is 2.36. The smallest absolute Gasteiger partial charge is 0.338 e. The largest absolute Gasteiger partial charge is 0.350 e. The molecule has 1 atom stereocenters. The molecule has 1 aromatic rings. The second-order valence-corrected chi connectivity index (χ2v) is 6.91.